The maximum atomic E-state index is 12.9. The zero-order valence-corrected chi connectivity index (χ0v) is 15.1. The van der Waals surface area contributed by atoms with Crippen LogP contribution < -0.4 is 10.6 Å². The average molecular weight is 355 g/mol. The van der Waals surface area contributed by atoms with E-state index in [-0.39, 0.29) is 24.3 Å². The number of fused-ring (bicyclic) bond motifs is 1. The molecular weight excluding hydrogens is 330 g/mol. The van der Waals surface area contributed by atoms with E-state index in [1.54, 1.807) is 0 Å². The lowest BCUT2D eigenvalue weighted by Gasteiger charge is -2.36. The van der Waals surface area contributed by atoms with Crippen LogP contribution >= 0.6 is 0 Å². The third-order valence-electron chi connectivity index (χ3n) is 6.19. The van der Waals surface area contributed by atoms with Crippen LogP contribution in [0.3, 0.4) is 0 Å². The quantitative estimate of drug-likeness (QED) is 0.818. The molecule has 1 aromatic rings. The highest BCUT2D eigenvalue weighted by molar-refractivity contribution is 6.10. The molecule has 1 aromatic carbocycles. The number of nitrogens with zero attached hydrogens (tertiary/aromatic N) is 1. The molecule has 1 heterocycles. The number of aryl methyl sites for hydroxylation is 2. The number of carbonyl (C=O) groups excluding carboxylic acids is 3. The zero-order valence-electron chi connectivity index (χ0n) is 15.1. The van der Waals surface area contributed by atoms with Crippen molar-refractivity contribution in [2.75, 3.05) is 11.9 Å². The first-order valence-corrected chi connectivity index (χ1v) is 9.55. The molecule has 6 nitrogen and oxygen atoms in total. The second-order valence-electron chi connectivity index (χ2n) is 7.82. The van der Waals surface area contributed by atoms with Gasteiger partial charge in [0.1, 0.15) is 12.1 Å². The number of amides is 4. The molecule has 2 aliphatic carbocycles. The normalized spacial score (nSPS) is 27.6. The van der Waals surface area contributed by atoms with Crippen molar-refractivity contribution in [3.63, 3.8) is 0 Å². The Morgan fingerprint density at radius 2 is 2.04 bits per heavy atom. The van der Waals surface area contributed by atoms with Gasteiger partial charge in [0.05, 0.1) is 0 Å². The van der Waals surface area contributed by atoms with Crippen LogP contribution in [-0.4, -0.2) is 34.8 Å². The van der Waals surface area contributed by atoms with Gasteiger partial charge in [-0.05, 0) is 61.3 Å². The molecule has 6 heteroatoms. The number of anilines is 1. The second kappa shape index (κ2) is 6.41. The molecule has 26 heavy (non-hydrogen) atoms. The molecule has 4 amide bonds. The summed E-state index contributed by atoms with van der Waals surface area (Å²) in [4.78, 5) is 38.8. The van der Waals surface area contributed by atoms with E-state index in [0.717, 1.165) is 49.1 Å². The van der Waals surface area contributed by atoms with Crippen molar-refractivity contribution in [3.8, 4) is 0 Å². The first-order valence-electron chi connectivity index (χ1n) is 9.55. The minimum absolute atomic E-state index is 0.0949. The molecule has 3 aliphatic rings. The molecule has 2 fully saturated rings. The summed E-state index contributed by atoms with van der Waals surface area (Å²) in [5.74, 6) is -0.497. The average Bonchev–Trinajstić information content (AvgIpc) is 3.16. The van der Waals surface area contributed by atoms with Gasteiger partial charge in [0.15, 0.2) is 0 Å². The number of carbonyl (C=O) groups is 3. The summed E-state index contributed by atoms with van der Waals surface area (Å²) in [5, 5.41) is 5.71. The van der Waals surface area contributed by atoms with Crippen LogP contribution in [0.1, 0.15) is 50.2 Å². The van der Waals surface area contributed by atoms with Gasteiger partial charge in [-0.2, -0.15) is 0 Å². The van der Waals surface area contributed by atoms with E-state index in [1.807, 2.05) is 25.1 Å². The van der Waals surface area contributed by atoms with Crippen LogP contribution in [0.15, 0.2) is 18.2 Å². The molecule has 1 aliphatic heterocycles. The van der Waals surface area contributed by atoms with Gasteiger partial charge in [-0.15, -0.1) is 0 Å². The number of nitrogens with one attached hydrogen (secondary N) is 2. The van der Waals surface area contributed by atoms with Crippen LogP contribution in [-0.2, 0) is 22.4 Å². The number of urea groups is 1. The van der Waals surface area contributed by atoms with Crippen molar-refractivity contribution in [1.82, 2.24) is 10.2 Å². The molecule has 2 N–H and O–H groups in total. The standard InChI is InChI=1S/C20H25N3O3/c1-13-5-2-3-10-20(13)18(25)23(19(26)22-20)12-17(24)21-16-9-8-14-6-4-7-15(14)11-16/h8-9,11,13H,2-7,10,12H2,1H3,(H,21,24)(H,22,26)/t13-,20+/m0/s1. The number of hydrogen-bond donors (Lipinski definition) is 2. The molecule has 0 aromatic heterocycles. The lowest BCUT2D eigenvalue weighted by atomic mass is 9.73. The molecule has 1 saturated carbocycles. The summed E-state index contributed by atoms with van der Waals surface area (Å²) in [5.41, 5.74) is 2.52. The van der Waals surface area contributed by atoms with Gasteiger partial charge < -0.3 is 10.6 Å². The molecule has 4 rings (SSSR count). The largest absolute Gasteiger partial charge is 0.325 e. The number of rotatable bonds is 3. The number of hydrogen-bond acceptors (Lipinski definition) is 3. The zero-order chi connectivity index (χ0) is 18.3. The Morgan fingerprint density at radius 3 is 2.85 bits per heavy atom. The Labute approximate surface area is 153 Å². The lowest BCUT2D eigenvalue weighted by molar-refractivity contribution is -0.136. The molecule has 0 radical (unpaired) electrons. The van der Waals surface area contributed by atoms with Gasteiger partial charge in [-0.1, -0.05) is 25.8 Å². The Kier molecular flexibility index (Phi) is 4.21. The molecule has 138 valence electrons. The first-order chi connectivity index (χ1) is 12.5. The monoisotopic (exact) mass is 355 g/mol. The SMILES string of the molecule is C[C@H]1CCCC[C@@]12NC(=O)N(CC(=O)Nc1ccc3c(c1)CCC3)C2=O. The molecular formula is C20H25N3O3. The minimum atomic E-state index is -0.816. The maximum absolute atomic E-state index is 12.9. The predicted octanol–water partition coefficient (Wildman–Crippen LogP) is 2.61. The van der Waals surface area contributed by atoms with Gasteiger partial charge in [0, 0.05) is 5.69 Å². The van der Waals surface area contributed by atoms with Crippen LogP contribution in [0.25, 0.3) is 0 Å². The first kappa shape index (κ1) is 17.1. The highest BCUT2D eigenvalue weighted by atomic mass is 16.2. The third-order valence-corrected chi connectivity index (χ3v) is 6.19. The van der Waals surface area contributed by atoms with Gasteiger partial charge in [-0.3, -0.25) is 14.5 Å². The van der Waals surface area contributed by atoms with Crippen molar-refractivity contribution < 1.29 is 14.4 Å². The second-order valence-corrected chi connectivity index (χ2v) is 7.82. The summed E-state index contributed by atoms with van der Waals surface area (Å²) in [6.45, 7) is 1.77. The third kappa shape index (κ3) is 2.77. The Hall–Kier alpha value is -2.37. The van der Waals surface area contributed by atoms with Crippen LogP contribution in [0.5, 0.6) is 0 Å². The van der Waals surface area contributed by atoms with E-state index < -0.39 is 11.6 Å². The summed E-state index contributed by atoms with van der Waals surface area (Å²) in [6.07, 6.45) is 6.84. The van der Waals surface area contributed by atoms with E-state index in [4.69, 9.17) is 0 Å². The van der Waals surface area contributed by atoms with Gasteiger partial charge >= 0.3 is 6.03 Å². The molecule has 2 atom stereocenters. The molecule has 0 unspecified atom stereocenters. The molecule has 1 spiro atoms. The van der Waals surface area contributed by atoms with Crippen LogP contribution in [0.2, 0.25) is 0 Å². The van der Waals surface area contributed by atoms with Crippen molar-refractivity contribution in [2.24, 2.45) is 5.92 Å². The minimum Gasteiger partial charge on any atom is -0.325 e. The molecule has 1 saturated heterocycles. The fourth-order valence-corrected chi connectivity index (χ4v) is 4.63. The van der Waals surface area contributed by atoms with E-state index in [0.29, 0.717) is 6.42 Å². The van der Waals surface area contributed by atoms with Crippen molar-refractivity contribution in [3.05, 3.63) is 29.3 Å². The van der Waals surface area contributed by atoms with Crippen molar-refractivity contribution >= 4 is 23.5 Å². The summed E-state index contributed by atoms with van der Waals surface area (Å²) < 4.78 is 0. The fraction of sp³-hybridized carbons (Fsp3) is 0.550. The Morgan fingerprint density at radius 1 is 1.23 bits per heavy atom. The smallest absolute Gasteiger partial charge is 0.325 e. The molecule has 0 bridgehead atoms. The lowest BCUT2D eigenvalue weighted by Crippen LogP contribution is -2.54. The van der Waals surface area contributed by atoms with E-state index >= 15 is 0 Å². The predicted molar refractivity (Wildman–Crippen MR) is 97.7 cm³/mol. The van der Waals surface area contributed by atoms with Gasteiger partial charge in [0.2, 0.25) is 5.91 Å². The Bertz CT molecular complexity index is 776. The van der Waals surface area contributed by atoms with Gasteiger partial charge in [0.25, 0.3) is 5.91 Å². The number of imide groups is 1. The topological polar surface area (TPSA) is 78.5 Å². The highest BCUT2D eigenvalue weighted by Gasteiger charge is 2.55. The van der Waals surface area contributed by atoms with Crippen LogP contribution in [0, 0.1) is 5.92 Å². The highest BCUT2D eigenvalue weighted by Crippen LogP contribution is 2.38. The van der Waals surface area contributed by atoms with Crippen molar-refractivity contribution in [1.29, 1.82) is 0 Å². The van der Waals surface area contributed by atoms with Crippen LogP contribution in [0.4, 0.5) is 10.5 Å². The Balaban J connectivity index is 1.44. The maximum Gasteiger partial charge on any atom is 0.325 e. The van der Waals surface area contributed by atoms with Crippen molar-refractivity contribution in [2.45, 2.75) is 57.4 Å². The van der Waals surface area contributed by atoms with E-state index in [2.05, 4.69) is 10.6 Å². The fourth-order valence-electron chi connectivity index (χ4n) is 4.63. The van der Waals surface area contributed by atoms with Gasteiger partial charge in [-0.25, -0.2) is 4.79 Å². The summed E-state index contributed by atoms with van der Waals surface area (Å²) in [7, 11) is 0. The summed E-state index contributed by atoms with van der Waals surface area (Å²) in [6, 6.07) is 5.48. The van der Waals surface area contributed by atoms with E-state index in [1.165, 1.54) is 11.1 Å². The van der Waals surface area contributed by atoms with E-state index in [9.17, 15) is 14.4 Å². The summed E-state index contributed by atoms with van der Waals surface area (Å²) >= 11 is 0. The number of benzene rings is 1.